The summed E-state index contributed by atoms with van der Waals surface area (Å²) in [5.74, 6) is 0. The third-order valence-electron chi connectivity index (χ3n) is 6.19. The summed E-state index contributed by atoms with van der Waals surface area (Å²) in [4.78, 5) is 0.187. The van der Waals surface area contributed by atoms with E-state index in [0.29, 0.717) is 19.8 Å². The van der Waals surface area contributed by atoms with Gasteiger partial charge in [-0.2, -0.15) is 0 Å². The van der Waals surface area contributed by atoms with Crippen molar-refractivity contribution in [2.24, 2.45) is 0 Å². The van der Waals surface area contributed by atoms with Crippen LogP contribution in [0.5, 0.6) is 0 Å². The molecule has 0 aliphatic rings. The van der Waals surface area contributed by atoms with Gasteiger partial charge in [-0.1, -0.05) is 120 Å². The number of hydrogen-bond acceptors (Lipinski definition) is 4. The van der Waals surface area contributed by atoms with Gasteiger partial charge in [0.2, 0.25) is 0 Å². The van der Waals surface area contributed by atoms with Crippen molar-refractivity contribution in [1.29, 1.82) is 0 Å². The van der Waals surface area contributed by atoms with Crippen LogP contribution in [0.15, 0.2) is 114 Å². The average molecular weight is 665 g/mol. The molecule has 40 heavy (non-hydrogen) atoms. The van der Waals surface area contributed by atoms with Crippen molar-refractivity contribution in [2.45, 2.75) is 37.4 Å². The molecule has 2 atom stereocenters. The summed E-state index contributed by atoms with van der Waals surface area (Å²) < 4.78 is 37.2. The number of benzene rings is 4. The predicted octanol–water partition coefficient (Wildman–Crippen LogP) is 7.79. The van der Waals surface area contributed by atoms with E-state index in [1.54, 1.807) is 24.3 Å². The van der Waals surface area contributed by atoms with Crippen LogP contribution in [0.25, 0.3) is 4.72 Å². The van der Waals surface area contributed by atoms with Gasteiger partial charge in [-0.25, -0.2) is 8.42 Å². The number of rotatable bonds is 12. The van der Waals surface area contributed by atoms with E-state index >= 15 is 0 Å². The van der Waals surface area contributed by atoms with Crippen LogP contribution < -0.4 is 5.32 Å². The first-order chi connectivity index (χ1) is 18.9. The number of aryl methyl sites for hydroxylation is 2. The summed E-state index contributed by atoms with van der Waals surface area (Å²) in [5, 5.41) is 3.53. The molecular weight excluding hydrogens is 629 g/mol. The number of halogens is 1. The van der Waals surface area contributed by atoms with Crippen LogP contribution in [0.1, 0.15) is 39.9 Å². The molecule has 0 spiro atoms. The monoisotopic (exact) mass is 665 g/mol. The maximum atomic E-state index is 13.4. The fraction of sp³-hybridized carbons (Fsp3) is 0.219. The third-order valence-corrected chi connectivity index (χ3v) is 7.56. The van der Waals surface area contributed by atoms with E-state index in [1.807, 2.05) is 84.9 Å². The average Bonchev–Trinajstić information content (AvgIpc) is 2.97. The van der Waals surface area contributed by atoms with Crippen molar-refractivity contribution < 1.29 is 30.5 Å². The number of ether oxygens (including phenoxy) is 1. The molecule has 0 saturated carbocycles. The second kappa shape index (κ2) is 17.4. The van der Waals surface area contributed by atoms with Crippen LogP contribution in [0.4, 0.5) is 0 Å². The van der Waals surface area contributed by atoms with Gasteiger partial charge in [0, 0.05) is 17.5 Å². The van der Waals surface area contributed by atoms with Crippen LogP contribution in [-0.2, 0) is 38.7 Å². The molecule has 1 N–H and O–H groups in total. The molecule has 4 aromatic rings. The summed E-state index contributed by atoms with van der Waals surface area (Å²) in [6.45, 7) is 5.52. The van der Waals surface area contributed by atoms with E-state index in [1.165, 1.54) is 5.56 Å². The second-order valence-corrected chi connectivity index (χ2v) is 10.8. The van der Waals surface area contributed by atoms with Gasteiger partial charge in [0.15, 0.2) is 0 Å². The van der Waals surface area contributed by atoms with Gasteiger partial charge < -0.3 is 22.2 Å². The summed E-state index contributed by atoms with van der Waals surface area (Å²) in [6.07, 6.45) is 0. The van der Waals surface area contributed by atoms with Gasteiger partial charge in [0.05, 0.1) is 13.2 Å². The Morgan fingerprint density at radius 2 is 1.27 bits per heavy atom. The van der Waals surface area contributed by atoms with Crippen LogP contribution in [0.3, 0.4) is 0 Å². The molecule has 0 bridgehead atoms. The number of hydrogen-bond donors (Lipinski definition) is 1. The molecular formula is C32H36ClN2O3RuS+. The predicted molar refractivity (Wildman–Crippen MR) is 161 cm³/mol. The molecule has 5 nitrogen and oxygen atoms in total. The first kappa shape index (κ1) is 33.8. The molecule has 212 valence electrons. The van der Waals surface area contributed by atoms with E-state index in [4.69, 9.17) is 4.74 Å². The summed E-state index contributed by atoms with van der Waals surface area (Å²) in [6, 6.07) is 33.5. The van der Waals surface area contributed by atoms with Crippen LogP contribution >= 0.6 is 9.69 Å². The molecule has 0 radical (unpaired) electrons. The van der Waals surface area contributed by atoms with Crippen LogP contribution in [0, 0.1) is 21.3 Å². The number of nitrogens with one attached hydrogen (secondary N) is 1. The van der Waals surface area contributed by atoms with E-state index in [2.05, 4.69) is 50.9 Å². The second-order valence-electron chi connectivity index (χ2n) is 9.13. The summed E-state index contributed by atoms with van der Waals surface area (Å²) >= 11 is 1.82. The zero-order chi connectivity index (χ0) is 28.1. The van der Waals surface area contributed by atoms with E-state index in [-0.39, 0.29) is 18.4 Å². The zero-order valence-corrected chi connectivity index (χ0v) is 26.3. The van der Waals surface area contributed by atoms with Crippen molar-refractivity contribution in [2.75, 3.05) is 13.2 Å². The van der Waals surface area contributed by atoms with Crippen molar-refractivity contribution in [3.8, 4) is 0 Å². The molecule has 4 rings (SSSR count). The van der Waals surface area contributed by atoms with Crippen LogP contribution in [-0.4, -0.2) is 21.6 Å². The minimum absolute atomic E-state index is 0. The fourth-order valence-electron chi connectivity index (χ4n) is 4.12. The Morgan fingerprint density at radius 3 is 1.82 bits per heavy atom. The molecule has 4 aromatic carbocycles. The summed E-state index contributed by atoms with van der Waals surface area (Å²) in [7, 11) is 0.670. The first-order valence-electron chi connectivity index (χ1n) is 12.6. The molecule has 0 amide bonds. The topological polar surface area (TPSA) is 69.5 Å². The summed E-state index contributed by atoms with van der Waals surface area (Å²) in [5.41, 5.74) is 5.10. The van der Waals surface area contributed by atoms with Crippen molar-refractivity contribution in [3.05, 3.63) is 149 Å². The van der Waals surface area contributed by atoms with E-state index in [0.717, 1.165) is 22.3 Å². The molecule has 0 saturated heterocycles. The normalized spacial score (nSPS) is 12.4. The number of nitrogens with zero attached hydrogens (tertiary/aromatic N) is 1. The van der Waals surface area contributed by atoms with Crippen molar-refractivity contribution in [3.63, 3.8) is 0 Å². The maximum absolute atomic E-state index is 13.4. The van der Waals surface area contributed by atoms with Crippen molar-refractivity contribution >= 4 is 19.7 Å². The van der Waals surface area contributed by atoms with E-state index < -0.39 is 16.1 Å². The Morgan fingerprint density at radius 1 is 0.775 bits per heavy atom. The Bertz CT molecular complexity index is 1360. The van der Waals surface area contributed by atoms with Gasteiger partial charge in [-0.15, -0.1) is 0 Å². The first-order valence-corrected chi connectivity index (χ1v) is 16.2. The number of sulfonamides is 1. The Balaban J connectivity index is 0.00000183. The molecule has 0 heterocycles. The zero-order valence-electron chi connectivity index (χ0n) is 23.0. The molecule has 8 heteroatoms. The van der Waals surface area contributed by atoms with E-state index in [9.17, 15) is 8.42 Å². The van der Waals surface area contributed by atoms with Gasteiger partial charge in [-0.05, 0) is 37.1 Å². The molecule has 0 aliphatic heterocycles. The third kappa shape index (κ3) is 10.2. The van der Waals surface area contributed by atoms with Gasteiger partial charge in [-0.3, -0.25) is 0 Å². The molecule has 0 fully saturated rings. The Labute approximate surface area is 254 Å². The van der Waals surface area contributed by atoms with Gasteiger partial charge in [0.25, 0.3) is 0 Å². The molecule has 0 unspecified atom stereocenters. The Kier molecular flexibility index (Phi) is 14.7. The standard InChI is InChI=1S/C31H33N2O3S.CH3.ClH.Ru/c1-24-13-17-26(18-14-24)23-36-22-21-32-30(27-9-5-3-6-10-27)31(28-11-7-4-8-12-28)33-37(34,35)29-19-15-25(2)16-20-29;;;/h3-20,30-32H,21-23H2,1-2H3;1H3;1H;/q2*-1;;+4/p-1/t30-,31-;;;/m1.../s1. The molecule has 0 aliphatic carbocycles. The molecule has 0 aromatic heterocycles. The quantitative estimate of drug-likeness (QED) is 0.0954. The fourth-order valence-corrected chi connectivity index (χ4v) is 5.26. The SMILES string of the molecule is Cc1ccc(COCCN[C@H](c2ccccc2)[C@H]([N-]S(=O)(=O)c2ccc(C)cc2)c2ccccc2)cc1.[CH3-].[Cl][Ru+3]. The Hall–Kier alpha value is -2.38. The minimum atomic E-state index is -3.90. The van der Waals surface area contributed by atoms with Gasteiger partial charge in [0.1, 0.15) is 10.0 Å². The van der Waals surface area contributed by atoms with Crippen LogP contribution in [0.2, 0.25) is 0 Å². The van der Waals surface area contributed by atoms with Crippen molar-refractivity contribution in [1.82, 2.24) is 5.32 Å². The van der Waals surface area contributed by atoms with Gasteiger partial charge >= 0.3 is 27.0 Å².